The fourth-order valence-corrected chi connectivity index (χ4v) is 4.52. The molecule has 0 aliphatic carbocycles. The fraction of sp³-hybridized carbons (Fsp3) is 0.304. The highest BCUT2D eigenvalue weighted by atomic mass is 32.2. The first-order valence-corrected chi connectivity index (χ1v) is 10.9. The summed E-state index contributed by atoms with van der Waals surface area (Å²) in [6.45, 7) is 4.47. The topological polar surface area (TPSA) is 84.6 Å². The van der Waals surface area contributed by atoms with E-state index in [1.165, 1.54) is 5.56 Å². The number of hydrogen-bond donors (Lipinski definition) is 2. The Balaban J connectivity index is 1.31. The molecule has 1 aromatic heterocycles. The molecule has 0 radical (unpaired) electrons. The second-order valence-electron chi connectivity index (χ2n) is 7.33. The minimum atomic E-state index is -0.807. The molecule has 0 amide bonds. The first-order valence-electron chi connectivity index (χ1n) is 9.86. The van der Waals surface area contributed by atoms with Crippen LogP contribution in [0.5, 0.6) is 5.75 Å². The van der Waals surface area contributed by atoms with E-state index >= 15 is 0 Å². The van der Waals surface area contributed by atoms with E-state index in [0.717, 1.165) is 28.3 Å². The normalized spacial score (nSPS) is 18.5. The first-order chi connectivity index (χ1) is 14.5. The van der Waals surface area contributed by atoms with Gasteiger partial charge in [-0.3, -0.25) is 10.1 Å². The number of aliphatic carboxylic acids is 1. The van der Waals surface area contributed by atoms with Gasteiger partial charge in [0.25, 0.3) is 0 Å². The highest BCUT2D eigenvalue weighted by Gasteiger charge is 2.30. The van der Waals surface area contributed by atoms with Crippen LogP contribution in [0.2, 0.25) is 0 Å². The van der Waals surface area contributed by atoms with Crippen molar-refractivity contribution in [1.29, 1.82) is 0 Å². The summed E-state index contributed by atoms with van der Waals surface area (Å²) >= 11 is 1.60. The van der Waals surface area contributed by atoms with Crippen LogP contribution >= 0.6 is 11.8 Å². The minimum absolute atomic E-state index is 0.00174. The van der Waals surface area contributed by atoms with Crippen LogP contribution in [-0.4, -0.2) is 34.5 Å². The van der Waals surface area contributed by atoms with Gasteiger partial charge in [-0.1, -0.05) is 29.8 Å². The monoisotopic (exact) mass is 424 g/mol. The van der Waals surface area contributed by atoms with Crippen LogP contribution in [0.25, 0.3) is 11.5 Å². The number of carboxylic acids is 1. The summed E-state index contributed by atoms with van der Waals surface area (Å²) in [7, 11) is 0. The molecule has 1 aliphatic heterocycles. The van der Waals surface area contributed by atoms with Crippen molar-refractivity contribution in [3.63, 3.8) is 0 Å². The zero-order chi connectivity index (χ0) is 21.1. The number of carbonyl (C=O) groups is 1. The maximum atomic E-state index is 11.1. The lowest BCUT2D eigenvalue weighted by Gasteiger charge is -2.12. The van der Waals surface area contributed by atoms with E-state index < -0.39 is 12.0 Å². The number of rotatable bonds is 7. The Morgan fingerprint density at radius 1 is 1.20 bits per heavy atom. The SMILES string of the molecule is Cc1ccc(-c2nc(CCOc3ccc([C@@H]4NC(C(=O)O)CS4)cc3)c(C)o2)cc1. The average Bonchev–Trinajstić information content (AvgIpc) is 3.37. The summed E-state index contributed by atoms with van der Waals surface area (Å²) in [5.74, 6) is 1.98. The second kappa shape index (κ2) is 8.93. The molecule has 2 atom stereocenters. The van der Waals surface area contributed by atoms with Crippen molar-refractivity contribution >= 4 is 17.7 Å². The van der Waals surface area contributed by atoms with E-state index in [9.17, 15) is 4.79 Å². The van der Waals surface area contributed by atoms with Crippen LogP contribution in [0.15, 0.2) is 52.9 Å². The number of ether oxygens (including phenoxy) is 1. The molecular formula is C23H24N2O4S. The molecule has 0 bridgehead atoms. The number of benzene rings is 2. The Labute approximate surface area is 179 Å². The minimum Gasteiger partial charge on any atom is -0.493 e. The molecule has 1 saturated heterocycles. The molecule has 0 saturated carbocycles. The number of oxazole rings is 1. The lowest BCUT2D eigenvalue weighted by Crippen LogP contribution is -2.33. The van der Waals surface area contributed by atoms with Crippen LogP contribution in [0.4, 0.5) is 0 Å². The zero-order valence-electron chi connectivity index (χ0n) is 16.9. The standard InChI is InChI=1S/C23H24N2O4S/c1-14-3-5-16(6-4-14)21-24-19(15(2)29-21)11-12-28-18-9-7-17(8-10-18)22-25-20(13-30-22)23(26)27/h3-10,20,22,25H,11-13H2,1-2H3,(H,26,27)/t20?,22-/m1/s1. The number of thioether (sulfide) groups is 1. The van der Waals surface area contributed by atoms with Crippen molar-refractivity contribution in [3.8, 4) is 17.2 Å². The Morgan fingerprint density at radius 3 is 2.60 bits per heavy atom. The van der Waals surface area contributed by atoms with Crippen molar-refractivity contribution < 1.29 is 19.1 Å². The van der Waals surface area contributed by atoms with Crippen molar-refractivity contribution in [3.05, 3.63) is 71.1 Å². The first kappa shape index (κ1) is 20.5. The van der Waals surface area contributed by atoms with Crippen molar-refractivity contribution in [2.24, 2.45) is 0 Å². The summed E-state index contributed by atoms with van der Waals surface area (Å²) < 4.78 is 11.7. The number of nitrogens with one attached hydrogen (secondary N) is 1. The largest absolute Gasteiger partial charge is 0.493 e. The molecule has 1 fully saturated rings. The summed E-state index contributed by atoms with van der Waals surface area (Å²) in [4.78, 5) is 15.7. The Hall–Kier alpha value is -2.77. The summed E-state index contributed by atoms with van der Waals surface area (Å²) in [5, 5.41) is 12.2. The van der Waals surface area contributed by atoms with Gasteiger partial charge >= 0.3 is 5.97 Å². The second-order valence-corrected chi connectivity index (χ2v) is 8.46. The van der Waals surface area contributed by atoms with Gasteiger partial charge in [-0.2, -0.15) is 0 Å². The predicted molar refractivity (Wildman–Crippen MR) is 117 cm³/mol. The maximum absolute atomic E-state index is 11.1. The van der Waals surface area contributed by atoms with Gasteiger partial charge in [0.15, 0.2) is 0 Å². The molecule has 30 heavy (non-hydrogen) atoms. The summed E-state index contributed by atoms with van der Waals surface area (Å²) in [5.41, 5.74) is 4.11. The van der Waals surface area contributed by atoms with Crippen LogP contribution in [0.3, 0.4) is 0 Å². The molecule has 2 N–H and O–H groups in total. The van der Waals surface area contributed by atoms with Crippen LogP contribution in [0.1, 0.15) is 28.0 Å². The van der Waals surface area contributed by atoms with E-state index in [-0.39, 0.29) is 5.37 Å². The molecule has 0 spiro atoms. The van der Waals surface area contributed by atoms with Gasteiger partial charge < -0.3 is 14.3 Å². The fourth-order valence-electron chi connectivity index (χ4n) is 3.29. The molecule has 156 valence electrons. The van der Waals surface area contributed by atoms with Crippen LogP contribution in [-0.2, 0) is 11.2 Å². The smallest absolute Gasteiger partial charge is 0.321 e. The van der Waals surface area contributed by atoms with Gasteiger partial charge in [0.1, 0.15) is 17.6 Å². The third-order valence-corrected chi connectivity index (χ3v) is 6.33. The van der Waals surface area contributed by atoms with Crippen molar-refractivity contribution in [1.82, 2.24) is 10.3 Å². The molecule has 6 nitrogen and oxygen atoms in total. The highest BCUT2D eigenvalue weighted by Crippen LogP contribution is 2.33. The predicted octanol–water partition coefficient (Wildman–Crippen LogP) is 4.37. The van der Waals surface area contributed by atoms with Gasteiger partial charge in [0, 0.05) is 17.7 Å². The van der Waals surface area contributed by atoms with E-state index in [0.29, 0.717) is 24.7 Å². The Bertz CT molecular complexity index is 1010. The zero-order valence-corrected chi connectivity index (χ0v) is 17.7. The number of hydrogen-bond acceptors (Lipinski definition) is 6. The van der Waals surface area contributed by atoms with Gasteiger partial charge in [-0.25, -0.2) is 4.98 Å². The quantitative estimate of drug-likeness (QED) is 0.583. The van der Waals surface area contributed by atoms with Gasteiger partial charge in [0.05, 0.1) is 17.7 Å². The molecule has 3 aromatic rings. The van der Waals surface area contributed by atoms with E-state index in [1.807, 2.05) is 55.5 Å². The molecule has 7 heteroatoms. The van der Waals surface area contributed by atoms with Crippen LogP contribution < -0.4 is 10.1 Å². The molecule has 2 aromatic carbocycles. The highest BCUT2D eigenvalue weighted by molar-refractivity contribution is 7.99. The van der Waals surface area contributed by atoms with Crippen molar-refractivity contribution in [2.75, 3.05) is 12.4 Å². The number of carboxylic acid groups (broad SMARTS) is 1. The summed E-state index contributed by atoms with van der Waals surface area (Å²) in [6, 6.07) is 15.4. The molecule has 2 heterocycles. The number of aryl methyl sites for hydroxylation is 2. The maximum Gasteiger partial charge on any atom is 0.321 e. The van der Waals surface area contributed by atoms with E-state index in [1.54, 1.807) is 11.8 Å². The molecule has 1 unspecified atom stereocenters. The molecular weight excluding hydrogens is 400 g/mol. The average molecular weight is 425 g/mol. The van der Waals surface area contributed by atoms with Gasteiger partial charge in [-0.05, 0) is 43.7 Å². The number of nitrogens with zero attached hydrogens (tertiary/aromatic N) is 1. The van der Waals surface area contributed by atoms with E-state index in [4.69, 9.17) is 14.3 Å². The van der Waals surface area contributed by atoms with Gasteiger partial charge in [-0.15, -0.1) is 11.8 Å². The Morgan fingerprint density at radius 2 is 1.93 bits per heavy atom. The summed E-state index contributed by atoms with van der Waals surface area (Å²) in [6.07, 6.45) is 0.656. The van der Waals surface area contributed by atoms with Crippen LogP contribution in [0, 0.1) is 13.8 Å². The molecule has 4 rings (SSSR count). The third kappa shape index (κ3) is 4.68. The lowest BCUT2D eigenvalue weighted by molar-refractivity contribution is -0.138. The Kier molecular flexibility index (Phi) is 6.11. The van der Waals surface area contributed by atoms with Gasteiger partial charge in [0.2, 0.25) is 5.89 Å². The third-order valence-electron chi connectivity index (χ3n) is 5.06. The lowest BCUT2D eigenvalue weighted by atomic mass is 10.1. The molecule has 1 aliphatic rings. The van der Waals surface area contributed by atoms with E-state index in [2.05, 4.69) is 17.2 Å². The van der Waals surface area contributed by atoms with Crippen molar-refractivity contribution in [2.45, 2.75) is 31.7 Å². The number of aromatic nitrogens is 1.